The molecule has 0 spiro atoms. The highest BCUT2D eigenvalue weighted by Crippen LogP contribution is 2.21. The first-order valence-corrected chi connectivity index (χ1v) is 8.61. The molecule has 2 rings (SSSR count). The second kappa shape index (κ2) is 7.38. The molecule has 4 nitrogen and oxygen atoms in total. The first-order chi connectivity index (χ1) is 10.1. The van der Waals surface area contributed by atoms with Gasteiger partial charge < -0.3 is 4.57 Å². The van der Waals surface area contributed by atoms with Gasteiger partial charge in [-0.1, -0.05) is 11.6 Å². The van der Waals surface area contributed by atoms with Crippen molar-refractivity contribution < 1.29 is 4.21 Å². The van der Waals surface area contributed by atoms with E-state index >= 15 is 0 Å². The van der Waals surface area contributed by atoms with Gasteiger partial charge in [0.2, 0.25) is 0 Å². The van der Waals surface area contributed by atoms with Crippen molar-refractivity contribution in [1.29, 1.82) is 0 Å². The van der Waals surface area contributed by atoms with Gasteiger partial charge in [-0.2, -0.15) is 13.5 Å². The van der Waals surface area contributed by atoms with Crippen molar-refractivity contribution in [2.75, 3.05) is 0 Å². The van der Waals surface area contributed by atoms with Gasteiger partial charge in [0.05, 0.1) is 21.2 Å². The van der Waals surface area contributed by atoms with Crippen LogP contribution in [0.15, 0.2) is 29.1 Å². The third kappa shape index (κ3) is 4.38. The van der Waals surface area contributed by atoms with E-state index in [4.69, 9.17) is 11.6 Å². The average molecular weight is 375 g/mol. The second-order valence-electron chi connectivity index (χ2n) is 6.39. The Labute approximate surface area is 151 Å². The molecule has 23 heavy (non-hydrogen) atoms. The molecule has 0 aliphatic rings. The number of fused-ring (bicyclic) bond motifs is 1. The van der Waals surface area contributed by atoms with Gasteiger partial charge in [0.15, 0.2) is 0 Å². The van der Waals surface area contributed by atoms with Crippen LogP contribution in [0.5, 0.6) is 0 Å². The zero-order valence-corrected chi connectivity index (χ0v) is 16.5. The van der Waals surface area contributed by atoms with Gasteiger partial charge in [0.25, 0.3) is 5.56 Å². The lowest BCUT2D eigenvalue weighted by Crippen LogP contribution is -2.37. The fraction of sp³-hybridized carbons (Fsp3) is 0.438. The molecule has 0 fully saturated rings. The van der Waals surface area contributed by atoms with Crippen molar-refractivity contribution in [2.45, 2.75) is 38.5 Å². The third-order valence-corrected chi connectivity index (χ3v) is 5.44. The molecule has 2 aromatic rings. The Bertz CT molecular complexity index is 797. The number of nitrogens with zero attached hydrogens (tertiary/aromatic N) is 1. The topological polar surface area (TPSA) is 51.1 Å². The molecule has 0 unspecified atom stereocenters. The van der Waals surface area contributed by atoms with E-state index in [1.54, 1.807) is 17.7 Å². The number of benzene rings is 1. The van der Waals surface area contributed by atoms with Crippen LogP contribution >= 0.6 is 25.1 Å². The third-order valence-electron chi connectivity index (χ3n) is 3.52. The molecule has 0 bridgehead atoms. The van der Waals surface area contributed by atoms with Crippen molar-refractivity contribution in [3.63, 3.8) is 0 Å². The number of nitrogens with one attached hydrogen (secondary N) is 1. The fourth-order valence-electron chi connectivity index (χ4n) is 2.19. The van der Waals surface area contributed by atoms with Gasteiger partial charge in [0.1, 0.15) is 0 Å². The predicted octanol–water partition coefficient (Wildman–Crippen LogP) is 3.42. The fourth-order valence-corrected chi connectivity index (χ4v) is 3.17. The van der Waals surface area contributed by atoms with E-state index < -0.39 is 11.0 Å². The zero-order valence-electron chi connectivity index (χ0n) is 13.9. The molecule has 2 atom stereocenters. The number of hydrogen-bond acceptors (Lipinski definition) is 2. The monoisotopic (exact) mass is 374 g/mol. The van der Waals surface area contributed by atoms with Crippen LogP contribution in [0.1, 0.15) is 39.3 Å². The Hall–Kier alpha value is -0.820. The van der Waals surface area contributed by atoms with Gasteiger partial charge in [-0.15, -0.1) is 0 Å². The van der Waals surface area contributed by atoms with Crippen LogP contribution in [0.2, 0.25) is 5.02 Å². The molecule has 0 radical (unpaired) electrons. The van der Waals surface area contributed by atoms with Crippen LogP contribution < -0.4 is 10.3 Å². The standard InChI is InChI=1S/C16H21ClN2O2S.H2S/c1-10(18-22(21)16(2,3)4)13-9-11-8-12(17)6-7-14(11)19(5)15(13)20;/h6-10,18H,1-5H3;1H2/t10-,22-;/m0./s1. The highest BCUT2D eigenvalue weighted by atomic mass is 35.5. The minimum absolute atomic E-state index is 0. The van der Waals surface area contributed by atoms with Crippen molar-refractivity contribution in [1.82, 2.24) is 9.29 Å². The number of aromatic nitrogens is 1. The summed E-state index contributed by atoms with van der Waals surface area (Å²) >= 11 is 6.04. The van der Waals surface area contributed by atoms with Gasteiger partial charge in [-0.3, -0.25) is 4.79 Å². The first-order valence-electron chi connectivity index (χ1n) is 7.08. The molecule has 7 heteroatoms. The largest absolute Gasteiger partial charge is 0.311 e. The number of rotatable bonds is 3. The van der Waals surface area contributed by atoms with Crippen molar-refractivity contribution in [3.8, 4) is 0 Å². The van der Waals surface area contributed by atoms with Crippen LogP contribution in [-0.2, 0) is 18.0 Å². The molecule has 1 heterocycles. The summed E-state index contributed by atoms with van der Waals surface area (Å²) in [6, 6.07) is 6.92. The van der Waals surface area contributed by atoms with Gasteiger partial charge in [-0.05, 0) is 52.0 Å². The molecule has 0 saturated heterocycles. The Kier molecular flexibility index (Phi) is 6.49. The number of aryl methyl sites for hydroxylation is 1. The minimum atomic E-state index is -1.25. The summed E-state index contributed by atoms with van der Waals surface area (Å²) in [5.41, 5.74) is 1.30. The predicted molar refractivity (Wildman–Crippen MR) is 104 cm³/mol. The molecule has 128 valence electrons. The molecule has 0 aliphatic heterocycles. The summed E-state index contributed by atoms with van der Waals surface area (Å²) in [4.78, 5) is 12.5. The smallest absolute Gasteiger partial charge is 0.255 e. The average Bonchev–Trinajstić information content (AvgIpc) is 2.41. The molecule has 1 aromatic carbocycles. The second-order valence-corrected chi connectivity index (χ2v) is 8.82. The molecular formula is C16H23ClN2O2S2. The lowest BCUT2D eigenvalue weighted by Gasteiger charge is -2.22. The normalized spacial score (nSPS) is 14.3. The Morgan fingerprint density at radius 3 is 2.43 bits per heavy atom. The van der Waals surface area contributed by atoms with Crippen LogP contribution in [0.25, 0.3) is 10.9 Å². The van der Waals surface area contributed by atoms with Crippen LogP contribution in [-0.4, -0.2) is 13.5 Å². The Balaban J connectivity index is 0.00000264. The van der Waals surface area contributed by atoms with Crippen molar-refractivity contribution in [3.05, 3.63) is 45.2 Å². The van der Waals surface area contributed by atoms with Crippen molar-refractivity contribution in [2.24, 2.45) is 7.05 Å². The summed E-state index contributed by atoms with van der Waals surface area (Å²) in [7, 11) is 0.487. The van der Waals surface area contributed by atoms with Crippen molar-refractivity contribution >= 4 is 47.0 Å². The van der Waals surface area contributed by atoms with E-state index in [0.717, 1.165) is 10.9 Å². The molecule has 1 N–H and O–H groups in total. The quantitative estimate of drug-likeness (QED) is 0.894. The van der Waals surface area contributed by atoms with Crippen LogP contribution in [0.4, 0.5) is 0 Å². The summed E-state index contributed by atoms with van der Waals surface area (Å²) in [6.07, 6.45) is 0. The van der Waals surface area contributed by atoms with Gasteiger partial charge >= 0.3 is 0 Å². The maximum Gasteiger partial charge on any atom is 0.255 e. The Morgan fingerprint density at radius 2 is 1.87 bits per heavy atom. The molecule has 1 aromatic heterocycles. The SMILES string of the molecule is C[C@H](N[S@@](=O)C(C)(C)C)c1cc2cc(Cl)ccc2n(C)c1=O.S. The van der Waals surface area contributed by atoms with E-state index in [0.29, 0.717) is 10.6 Å². The molecule has 0 amide bonds. The van der Waals surface area contributed by atoms with E-state index in [9.17, 15) is 9.00 Å². The first kappa shape index (κ1) is 20.2. The van der Waals surface area contributed by atoms with E-state index in [-0.39, 0.29) is 29.8 Å². The minimum Gasteiger partial charge on any atom is -0.311 e. The maximum atomic E-state index is 12.5. The number of halogens is 1. The van der Waals surface area contributed by atoms with Gasteiger partial charge in [0, 0.05) is 29.1 Å². The maximum absolute atomic E-state index is 12.5. The van der Waals surface area contributed by atoms with E-state index in [2.05, 4.69) is 4.72 Å². The summed E-state index contributed by atoms with van der Waals surface area (Å²) < 4.78 is 16.4. The highest BCUT2D eigenvalue weighted by molar-refractivity contribution is 7.84. The molecular weight excluding hydrogens is 352 g/mol. The lowest BCUT2D eigenvalue weighted by atomic mass is 10.1. The van der Waals surface area contributed by atoms with Crippen LogP contribution in [0.3, 0.4) is 0 Å². The molecule has 0 aliphatic carbocycles. The number of hydrogen-bond donors (Lipinski definition) is 1. The van der Waals surface area contributed by atoms with E-state index in [1.807, 2.05) is 45.9 Å². The summed E-state index contributed by atoms with van der Waals surface area (Å²) in [5.74, 6) is 0. The van der Waals surface area contributed by atoms with E-state index in [1.165, 1.54) is 0 Å². The van der Waals surface area contributed by atoms with Gasteiger partial charge in [-0.25, -0.2) is 8.93 Å². The zero-order chi connectivity index (χ0) is 16.7. The lowest BCUT2D eigenvalue weighted by molar-refractivity contribution is 0.613. The summed E-state index contributed by atoms with van der Waals surface area (Å²) in [5, 5.41) is 1.51. The molecule has 0 saturated carbocycles. The highest BCUT2D eigenvalue weighted by Gasteiger charge is 2.23. The van der Waals surface area contributed by atoms with Crippen LogP contribution in [0, 0.1) is 0 Å². The number of pyridine rings is 1. The summed E-state index contributed by atoms with van der Waals surface area (Å²) in [6.45, 7) is 7.51. The Morgan fingerprint density at radius 1 is 1.26 bits per heavy atom.